The maximum atomic E-state index is 12.7. The van der Waals surface area contributed by atoms with Crippen LogP contribution in [0.25, 0.3) is 5.69 Å². The van der Waals surface area contributed by atoms with Crippen LogP contribution in [0.2, 0.25) is 5.02 Å². The lowest BCUT2D eigenvalue weighted by Gasteiger charge is -2.10. The van der Waals surface area contributed by atoms with Crippen LogP contribution in [0.15, 0.2) is 59.4 Å². The van der Waals surface area contributed by atoms with Gasteiger partial charge in [-0.15, -0.1) is 0 Å². The summed E-state index contributed by atoms with van der Waals surface area (Å²) in [6.07, 6.45) is 0. The number of nitrogens with zero attached hydrogens (tertiary/aromatic N) is 2. The Balaban J connectivity index is 2.01. The second kappa shape index (κ2) is 6.91. The molecule has 3 rings (SSSR count). The average Bonchev–Trinajstić information content (AvgIpc) is 2.59. The fraction of sp³-hybridized carbons (Fsp3) is 0.105. The van der Waals surface area contributed by atoms with E-state index in [-0.39, 0.29) is 5.56 Å². The lowest BCUT2D eigenvalue weighted by molar-refractivity contribution is 0.102. The Morgan fingerprint density at radius 2 is 1.80 bits per heavy atom. The molecule has 1 aromatic heterocycles. The summed E-state index contributed by atoms with van der Waals surface area (Å²) in [4.78, 5) is 25.3. The van der Waals surface area contributed by atoms with E-state index < -0.39 is 11.5 Å². The first-order valence-corrected chi connectivity index (χ1v) is 8.07. The van der Waals surface area contributed by atoms with Gasteiger partial charge in [0.05, 0.1) is 22.1 Å². The van der Waals surface area contributed by atoms with Gasteiger partial charge >= 0.3 is 0 Å². The standard InChI is InChI=1S/C19H16ClN3O2/c1-12-8-9-17(16(20)10-12)21-18(24)15-11-13(2)22-23(19(15)25)14-6-4-3-5-7-14/h3-11H,1-2H3,(H,21,24). The molecule has 0 unspecified atom stereocenters. The third-order valence-electron chi connectivity index (χ3n) is 3.65. The molecule has 0 saturated carbocycles. The minimum absolute atomic E-state index is 0.00740. The fourth-order valence-electron chi connectivity index (χ4n) is 2.43. The van der Waals surface area contributed by atoms with Gasteiger partial charge in [-0.3, -0.25) is 9.59 Å². The van der Waals surface area contributed by atoms with Crippen LogP contribution in [-0.4, -0.2) is 15.7 Å². The van der Waals surface area contributed by atoms with Gasteiger partial charge in [0, 0.05) is 0 Å². The summed E-state index contributed by atoms with van der Waals surface area (Å²) in [7, 11) is 0. The molecule has 0 aliphatic rings. The summed E-state index contributed by atoms with van der Waals surface area (Å²) in [5, 5.41) is 7.33. The largest absolute Gasteiger partial charge is 0.320 e. The molecule has 0 aliphatic carbocycles. The average molecular weight is 354 g/mol. The lowest BCUT2D eigenvalue weighted by Crippen LogP contribution is -2.30. The highest BCUT2D eigenvalue weighted by atomic mass is 35.5. The van der Waals surface area contributed by atoms with Gasteiger partial charge in [0.15, 0.2) is 0 Å². The van der Waals surface area contributed by atoms with E-state index in [9.17, 15) is 9.59 Å². The number of amides is 1. The molecule has 1 heterocycles. The molecule has 6 heteroatoms. The van der Waals surface area contributed by atoms with Crippen molar-refractivity contribution < 1.29 is 4.79 Å². The first-order chi connectivity index (χ1) is 12.0. The molecule has 126 valence electrons. The third-order valence-corrected chi connectivity index (χ3v) is 3.96. The minimum Gasteiger partial charge on any atom is -0.320 e. The van der Waals surface area contributed by atoms with Crippen molar-refractivity contribution in [3.05, 3.63) is 86.8 Å². The maximum Gasteiger partial charge on any atom is 0.284 e. The molecule has 0 saturated heterocycles. The number of rotatable bonds is 3. The number of aryl methyl sites for hydroxylation is 2. The number of nitrogens with one attached hydrogen (secondary N) is 1. The van der Waals surface area contributed by atoms with Gasteiger partial charge in [-0.1, -0.05) is 35.9 Å². The zero-order valence-electron chi connectivity index (χ0n) is 13.8. The lowest BCUT2D eigenvalue weighted by atomic mass is 10.2. The topological polar surface area (TPSA) is 64.0 Å². The smallest absolute Gasteiger partial charge is 0.284 e. The Labute approximate surface area is 149 Å². The van der Waals surface area contributed by atoms with Gasteiger partial charge in [-0.2, -0.15) is 9.78 Å². The van der Waals surface area contributed by atoms with Crippen LogP contribution in [0.1, 0.15) is 21.6 Å². The van der Waals surface area contributed by atoms with Crippen molar-refractivity contribution in [3.8, 4) is 5.69 Å². The molecule has 0 aliphatic heterocycles. The number of hydrogen-bond donors (Lipinski definition) is 1. The summed E-state index contributed by atoms with van der Waals surface area (Å²) in [6.45, 7) is 3.64. The Kier molecular flexibility index (Phi) is 4.67. The second-order valence-corrected chi connectivity index (χ2v) is 6.10. The molecular formula is C19H16ClN3O2. The monoisotopic (exact) mass is 353 g/mol. The summed E-state index contributed by atoms with van der Waals surface area (Å²) in [6, 6.07) is 15.7. The van der Waals surface area contributed by atoms with E-state index in [0.29, 0.717) is 22.1 Å². The van der Waals surface area contributed by atoms with Gasteiger partial charge < -0.3 is 5.32 Å². The van der Waals surface area contributed by atoms with Crippen molar-refractivity contribution in [2.45, 2.75) is 13.8 Å². The minimum atomic E-state index is -0.522. The molecule has 0 atom stereocenters. The number of aromatic nitrogens is 2. The van der Waals surface area contributed by atoms with E-state index in [1.54, 1.807) is 43.3 Å². The Morgan fingerprint density at radius 1 is 1.08 bits per heavy atom. The summed E-state index contributed by atoms with van der Waals surface area (Å²) in [5.41, 5.74) is 2.11. The molecule has 0 spiro atoms. The quantitative estimate of drug-likeness (QED) is 0.779. The number of hydrogen-bond acceptors (Lipinski definition) is 3. The molecule has 1 N–H and O–H groups in total. The van der Waals surface area contributed by atoms with Crippen LogP contribution in [-0.2, 0) is 0 Å². The second-order valence-electron chi connectivity index (χ2n) is 5.69. The van der Waals surface area contributed by atoms with Crippen LogP contribution >= 0.6 is 11.6 Å². The number of carbonyl (C=O) groups is 1. The van der Waals surface area contributed by atoms with Crippen LogP contribution in [0, 0.1) is 13.8 Å². The number of carbonyl (C=O) groups excluding carboxylic acids is 1. The van der Waals surface area contributed by atoms with Crippen molar-refractivity contribution >= 4 is 23.2 Å². The molecule has 1 amide bonds. The molecular weight excluding hydrogens is 338 g/mol. The summed E-state index contributed by atoms with van der Waals surface area (Å²) in [5.74, 6) is -0.522. The van der Waals surface area contributed by atoms with E-state index in [1.165, 1.54) is 10.7 Å². The number of benzene rings is 2. The predicted octanol–water partition coefficient (Wildman–Crippen LogP) is 3.76. The van der Waals surface area contributed by atoms with E-state index in [0.717, 1.165) is 5.56 Å². The molecule has 2 aromatic carbocycles. The first kappa shape index (κ1) is 16.9. The van der Waals surface area contributed by atoms with Gasteiger partial charge in [0.25, 0.3) is 11.5 Å². The van der Waals surface area contributed by atoms with Crippen molar-refractivity contribution in [2.75, 3.05) is 5.32 Å². The van der Waals surface area contributed by atoms with Gasteiger partial charge in [-0.05, 0) is 49.7 Å². The highest BCUT2D eigenvalue weighted by Gasteiger charge is 2.16. The zero-order valence-corrected chi connectivity index (χ0v) is 14.5. The van der Waals surface area contributed by atoms with Gasteiger partial charge in [0.1, 0.15) is 5.56 Å². The van der Waals surface area contributed by atoms with Crippen LogP contribution < -0.4 is 10.9 Å². The molecule has 0 bridgehead atoms. The van der Waals surface area contributed by atoms with Crippen molar-refractivity contribution in [2.24, 2.45) is 0 Å². The number of anilines is 1. The zero-order chi connectivity index (χ0) is 18.0. The molecule has 5 nitrogen and oxygen atoms in total. The van der Waals surface area contributed by atoms with E-state index in [1.807, 2.05) is 19.1 Å². The first-order valence-electron chi connectivity index (χ1n) is 7.69. The van der Waals surface area contributed by atoms with Gasteiger partial charge in [-0.25, -0.2) is 0 Å². The molecule has 3 aromatic rings. The van der Waals surface area contributed by atoms with E-state index in [2.05, 4.69) is 10.4 Å². The summed E-state index contributed by atoms with van der Waals surface area (Å²) < 4.78 is 1.22. The highest BCUT2D eigenvalue weighted by Crippen LogP contribution is 2.23. The third kappa shape index (κ3) is 3.61. The van der Waals surface area contributed by atoms with Crippen molar-refractivity contribution in [3.63, 3.8) is 0 Å². The Bertz CT molecular complexity index is 997. The molecule has 0 radical (unpaired) electrons. The molecule has 25 heavy (non-hydrogen) atoms. The Hall–Kier alpha value is -2.92. The van der Waals surface area contributed by atoms with E-state index >= 15 is 0 Å². The normalized spacial score (nSPS) is 10.5. The summed E-state index contributed by atoms with van der Waals surface area (Å²) >= 11 is 6.15. The van der Waals surface area contributed by atoms with Crippen molar-refractivity contribution in [1.29, 1.82) is 0 Å². The molecule has 0 fully saturated rings. The van der Waals surface area contributed by atoms with Crippen LogP contribution in [0.4, 0.5) is 5.69 Å². The fourth-order valence-corrected chi connectivity index (χ4v) is 2.72. The SMILES string of the molecule is Cc1ccc(NC(=O)c2cc(C)nn(-c3ccccc3)c2=O)c(Cl)c1. The maximum absolute atomic E-state index is 12.7. The number of halogens is 1. The van der Waals surface area contributed by atoms with E-state index in [4.69, 9.17) is 11.6 Å². The Morgan fingerprint density at radius 3 is 2.48 bits per heavy atom. The van der Waals surface area contributed by atoms with Crippen LogP contribution in [0.5, 0.6) is 0 Å². The van der Waals surface area contributed by atoms with Crippen molar-refractivity contribution in [1.82, 2.24) is 9.78 Å². The predicted molar refractivity (Wildman–Crippen MR) is 98.7 cm³/mol. The number of para-hydroxylation sites is 1. The van der Waals surface area contributed by atoms with Gasteiger partial charge in [0.2, 0.25) is 0 Å². The van der Waals surface area contributed by atoms with Crippen LogP contribution in [0.3, 0.4) is 0 Å². The highest BCUT2D eigenvalue weighted by molar-refractivity contribution is 6.34.